The third kappa shape index (κ3) is 2.14. The fourth-order valence-corrected chi connectivity index (χ4v) is 1.01. The maximum Gasteiger partial charge on any atom is 0.168 e. The second kappa shape index (κ2) is 4.00. The first-order valence-corrected chi connectivity index (χ1v) is 3.79. The Morgan fingerprint density at radius 3 is 3.40 bits per heavy atom. The summed E-state index contributed by atoms with van der Waals surface area (Å²) in [6.45, 7) is 2.28. The minimum atomic E-state index is 0.474. The molecule has 1 aromatic heterocycles. The molecule has 1 heterocycles. The summed E-state index contributed by atoms with van der Waals surface area (Å²) in [4.78, 5) is 8.85. The zero-order chi connectivity index (χ0) is 7.23. The minimum Gasteiger partial charge on any atom is -0.389 e. The molecule has 54 valence electrons. The van der Waals surface area contributed by atoms with E-state index in [-0.39, 0.29) is 0 Å². The Balaban J connectivity index is 2.28. The van der Waals surface area contributed by atoms with Crippen molar-refractivity contribution in [3.05, 3.63) is 16.6 Å². The highest BCUT2D eigenvalue weighted by Gasteiger charge is 1.91. The van der Waals surface area contributed by atoms with Crippen LogP contribution in [0.5, 0.6) is 0 Å². The van der Waals surface area contributed by atoms with Gasteiger partial charge in [-0.1, -0.05) is 5.16 Å². The van der Waals surface area contributed by atoms with Crippen LogP contribution in [0.4, 0.5) is 0 Å². The molecule has 0 saturated carbocycles. The van der Waals surface area contributed by atoms with Crippen LogP contribution in [0.3, 0.4) is 0 Å². The van der Waals surface area contributed by atoms with Gasteiger partial charge in [-0.15, -0.1) is 11.3 Å². The van der Waals surface area contributed by atoms with E-state index in [4.69, 9.17) is 4.84 Å². The third-order valence-corrected chi connectivity index (χ3v) is 1.60. The zero-order valence-corrected chi connectivity index (χ0v) is 6.47. The molecule has 0 aliphatic rings. The highest BCUT2D eigenvalue weighted by molar-refractivity contribution is 7.09. The van der Waals surface area contributed by atoms with Crippen LogP contribution >= 0.6 is 11.3 Å². The summed E-state index contributed by atoms with van der Waals surface area (Å²) in [7, 11) is 0. The molecule has 0 atom stereocenters. The summed E-state index contributed by atoms with van der Waals surface area (Å²) in [5.74, 6) is 0. The molecule has 4 heteroatoms. The highest BCUT2D eigenvalue weighted by Crippen LogP contribution is 2.04. The predicted molar refractivity (Wildman–Crippen MR) is 41.1 cm³/mol. The Morgan fingerprint density at radius 1 is 1.90 bits per heavy atom. The number of thiazole rings is 1. The monoisotopic (exact) mass is 156 g/mol. The first kappa shape index (κ1) is 7.21. The van der Waals surface area contributed by atoms with Crippen LogP contribution in [0.25, 0.3) is 0 Å². The normalized spacial score (nSPS) is 10.5. The van der Waals surface area contributed by atoms with Crippen molar-refractivity contribution < 1.29 is 4.84 Å². The van der Waals surface area contributed by atoms with Crippen molar-refractivity contribution >= 4 is 17.6 Å². The van der Waals surface area contributed by atoms with E-state index >= 15 is 0 Å². The van der Waals surface area contributed by atoms with Gasteiger partial charge in [-0.2, -0.15) is 0 Å². The van der Waals surface area contributed by atoms with Crippen LogP contribution in [0, 0.1) is 0 Å². The van der Waals surface area contributed by atoms with Crippen molar-refractivity contribution in [2.75, 3.05) is 0 Å². The van der Waals surface area contributed by atoms with Crippen LogP contribution in [0.2, 0.25) is 0 Å². The van der Waals surface area contributed by atoms with Crippen molar-refractivity contribution in [3.8, 4) is 0 Å². The fourth-order valence-electron chi connectivity index (χ4n) is 0.491. The van der Waals surface area contributed by atoms with Crippen LogP contribution in [-0.4, -0.2) is 11.2 Å². The van der Waals surface area contributed by atoms with E-state index in [1.165, 1.54) is 0 Å². The van der Waals surface area contributed by atoms with E-state index in [1.807, 2.05) is 12.3 Å². The van der Waals surface area contributed by atoms with Crippen molar-refractivity contribution in [1.82, 2.24) is 4.98 Å². The van der Waals surface area contributed by atoms with Gasteiger partial charge in [-0.05, 0) is 6.92 Å². The zero-order valence-electron chi connectivity index (χ0n) is 5.65. The Morgan fingerprint density at radius 2 is 2.80 bits per heavy atom. The molecule has 0 spiro atoms. The summed E-state index contributed by atoms with van der Waals surface area (Å²) >= 11 is 1.56. The Labute approximate surface area is 63.3 Å². The quantitative estimate of drug-likeness (QED) is 0.492. The molecule has 0 aliphatic carbocycles. The largest absolute Gasteiger partial charge is 0.389 e. The molecule has 0 amide bonds. The Hall–Kier alpha value is -0.900. The maximum absolute atomic E-state index is 4.84. The molecule has 0 radical (unpaired) electrons. The SMILES string of the molecule is C/C=N\OCc1nccs1. The number of nitrogens with zero attached hydrogens (tertiary/aromatic N) is 2. The second-order valence-electron chi connectivity index (χ2n) is 1.56. The molecule has 0 fully saturated rings. The first-order valence-electron chi connectivity index (χ1n) is 2.92. The number of hydrogen-bond acceptors (Lipinski definition) is 4. The first-order chi connectivity index (χ1) is 4.93. The fraction of sp³-hybridized carbons (Fsp3) is 0.333. The molecule has 0 aliphatic heterocycles. The van der Waals surface area contributed by atoms with Gasteiger partial charge in [0, 0.05) is 17.8 Å². The van der Waals surface area contributed by atoms with E-state index in [0.717, 1.165) is 5.01 Å². The lowest BCUT2D eigenvalue weighted by atomic mass is 10.8. The average molecular weight is 156 g/mol. The van der Waals surface area contributed by atoms with Gasteiger partial charge < -0.3 is 4.84 Å². The lowest BCUT2D eigenvalue weighted by Crippen LogP contribution is -1.83. The molecule has 1 rings (SSSR count). The van der Waals surface area contributed by atoms with Crippen molar-refractivity contribution in [1.29, 1.82) is 0 Å². The van der Waals surface area contributed by atoms with Crippen LogP contribution < -0.4 is 0 Å². The molecule has 0 saturated heterocycles. The average Bonchev–Trinajstić information content (AvgIpc) is 2.41. The van der Waals surface area contributed by atoms with E-state index in [1.54, 1.807) is 23.7 Å². The molecular formula is C6H8N2OS. The highest BCUT2D eigenvalue weighted by atomic mass is 32.1. The molecule has 0 N–H and O–H groups in total. The summed E-state index contributed by atoms with van der Waals surface area (Å²) in [5.41, 5.74) is 0. The van der Waals surface area contributed by atoms with Gasteiger partial charge in [0.1, 0.15) is 5.01 Å². The smallest absolute Gasteiger partial charge is 0.168 e. The predicted octanol–water partition coefficient (Wildman–Crippen LogP) is 1.67. The molecule has 0 unspecified atom stereocenters. The molecule has 0 aromatic carbocycles. The Bertz CT molecular complexity index is 196. The molecule has 1 aromatic rings. The number of rotatable bonds is 3. The van der Waals surface area contributed by atoms with Crippen LogP contribution in [0.1, 0.15) is 11.9 Å². The van der Waals surface area contributed by atoms with Crippen molar-refractivity contribution in [3.63, 3.8) is 0 Å². The minimum absolute atomic E-state index is 0.474. The maximum atomic E-state index is 4.84. The van der Waals surface area contributed by atoms with E-state index in [0.29, 0.717) is 6.61 Å². The van der Waals surface area contributed by atoms with E-state index in [9.17, 15) is 0 Å². The summed E-state index contributed by atoms with van der Waals surface area (Å²) in [6, 6.07) is 0. The summed E-state index contributed by atoms with van der Waals surface area (Å²) in [5, 5.41) is 6.45. The third-order valence-electron chi connectivity index (χ3n) is 0.851. The lowest BCUT2D eigenvalue weighted by Gasteiger charge is -1.91. The standard InChI is InChI=1S/C6H8N2OS/c1-2-8-9-5-6-7-3-4-10-6/h2-4H,5H2,1H3/b8-2-. The summed E-state index contributed by atoms with van der Waals surface area (Å²) in [6.07, 6.45) is 3.35. The number of hydrogen-bond donors (Lipinski definition) is 0. The molecular weight excluding hydrogens is 148 g/mol. The van der Waals surface area contributed by atoms with Gasteiger partial charge in [0.15, 0.2) is 6.61 Å². The van der Waals surface area contributed by atoms with Crippen LogP contribution in [0.15, 0.2) is 16.7 Å². The van der Waals surface area contributed by atoms with Crippen LogP contribution in [-0.2, 0) is 11.4 Å². The topological polar surface area (TPSA) is 34.5 Å². The molecule has 3 nitrogen and oxygen atoms in total. The van der Waals surface area contributed by atoms with Crippen molar-refractivity contribution in [2.45, 2.75) is 13.5 Å². The second-order valence-corrected chi connectivity index (χ2v) is 2.54. The number of oxime groups is 1. The van der Waals surface area contributed by atoms with Gasteiger partial charge in [0.25, 0.3) is 0 Å². The van der Waals surface area contributed by atoms with E-state index in [2.05, 4.69) is 10.1 Å². The van der Waals surface area contributed by atoms with Gasteiger partial charge in [0.2, 0.25) is 0 Å². The van der Waals surface area contributed by atoms with E-state index < -0.39 is 0 Å². The van der Waals surface area contributed by atoms with Gasteiger partial charge in [-0.3, -0.25) is 0 Å². The number of aromatic nitrogens is 1. The van der Waals surface area contributed by atoms with Crippen molar-refractivity contribution in [2.24, 2.45) is 5.16 Å². The molecule has 0 bridgehead atoms. The summed E-state index contributed by atoms with van der Waals surface area (Å²) < 4.78 is 0. The van der Waals surface area contributed by atoms with Gasteiger partial charge >= 0.3 is 0 Å². The van der Waals surface area contributed by atoms with Gasteiger partial charge in [0.05, 0.1) is 0 Å². The lowest BCUT2D eigenvalue weighted by molar-refractivity contribution is 0.131. The molecule has 10 heavy (non-hydrogen) atoms. The Kier molecular flexibility index (Phi) is 2.89. The van der Waals surface area contributed by atoms with Gasteiger partial charge in [-0.25, -0.2) is 4.98 Å².